The molecule has 1 rings (SSSR count). The lowest BCUT2D eigenvalue weighted by Gasteiger charge is -2.21. The Bertz CT molecular complexity index is 237. The molecule has 0 spiro atoms. The molecule has 0 bridgehead atoms. The largest absolute Gasteiger partial charge is 0.291 e. The molecular weight excluding hydrogens is 223 g/mol. The van der Waals surface area contributed by atoms with Crippen LogP contribution in [0.2, 0.25) is 0 Å². The fraction of sp³-hybridized carbons (Fsp3) is 0.200. The van der Waals surface area contributed by atoms with Crippen LogP contribution in [0.15, 0.2) is 11.5 Å². The summed E-state index contributed by atoms with van der Waals surface area (Å²) in [7, 11) is 5.93. The minimum absolute atomic E-state index is 0.780. The van der Waals surface area contributed by atoms with Gasteiger partial charge in [-0.1, -0.05) is 23.2 Å². The molecule has 0 radical (unpaired) electrons. The maximum absolute atomic E-state index is 10.4. The number of carbonyl (C=O) groups excluding carboxylic acids is 1. The quantitative estimate of drug-likeness (QED) is 0.499. The van der Waals surface area contributed by atoms with Crippen LogP contribution in [0.4, 0.5) is 0 Å². The van der Waals surface area contributed by atoms with Crippen LogP contribution in [-0.4, -0.2) is 11.0 Å². The van der Waals surface area contributed by atoms with Crippen LogP contribution in [0, 0.1) is 0 Å². The van der Waals surface area contributed by atoms with Crippen molar-refractivity contribution in [2.24, 2.45) is 0 Å². The molecule has 0 N–H and O–H groups in total. The highest BCUT2D eigenvalue weighted by atomic mass is 79.9. The topological polar surface area (TPSA) is 17.1 Å². The molecule has 0 saturated carbocycles. The van der Waals surface area contributed by atoms with E-state index in [-0.39, 0.29) is 0 Å². The van der Waals surface area contributed by atoms with Crippen LogP contribution in [0.5, 0.6) is 0 Å². The molecule has 0 aromatic carbocycles. The average molecular weight is 230 g/mol. The SMILES string of the molecule is O=CS1(Cl)(Br)=CCC=C1. The highest BCUT2D eigenvalue weighted by Gasteiger charge is 2.24. The highest BCUT2D eigenvalue weighted by Crippen LogP contribution is 2.71. The summed E-state index contributed by atoms with van der Waals surface area (Å²) in [6.07, 6.45) is 0.186. The van der Waals surface area contributed by atoms with Gasteiger partial charge in [0.2, 0.25) is 0 Å². The van der Waals surface area contributed by atoms with E-state index in [0.29, 0.717) is 0 Å². The third kappa shape index (κ3) is 1.45. The normalized spacial score (nSPS) is 32.0. The molecule has 0 fully saturated rings. The first kappa shape index (κ1) is 7.51. The molecule has 9 heavy (non-hydrogen) atoms. The van der Waals surface area contributed by atoms with Gasteiger partial charge >= 0.3 is 0 Å². The molecular formula is C5H6BrClOS. The Kier molecular flexibility index (Phi) is 1.62. The van der Waals surface area contributed by atoms with Gasteiger partial charge in [0.1, 0.15) is 0 Å². The number of allylic oxidation sites excluding steroid dienone is 1. The monoisotopic (exact) mass is 228 g/mol. The van der Waals surface area contributed by atoms with Gasteiger partial charge in [-0.3, -0.25) is 4.79 Å². The smallest absolute Gasteiger partial charge is 0.179 e. The van der Waals surface area contributed by atoms with Crippen LogP contribution in [0.1, 0.15) is 6.42 Å². The summed E-state index contributed by atoms with van der Waals surface area (Å²) in [6.45, 7) is 0. The molecule has 1 aliphatic heterocycles. The molecule has 52 valence electrons. The summed E-state index contributed by atoms with van der Waals surface area (Å²) in [5, 5.41) is 3.55. The van der Waals surface area contributed by atoms with Gasteiger partial charge in [0.15, 0.2) is 5.62 Å². The molecule has 4 heteroatoms. The zero-order valence-electron chi connectivity index (χ0n) is 4.59. The summed E-state index contributed by atoms with van der Waals surface area (Å²) in [5.41, 5.74) is 0.780. The summed E-state index contributed by atoms with van der Waals surface area (Å²) >= 11 is 3.21. The maximum atomic E-state index is 10.4. The first-order valence-electron chi connectivity index (χ1n) is 2.40. The molecule has 1 nitrogen and oxygen atoms in total. The van der Waals surface area contributed by atoms with Crippen LogP contribution >= 0.6 is 31.9 Å². The average Bonchev–Trinajstić information content (AvgIpc) is 2.14. The first-order valence-corrected chi connectivity index (χ1v) is 7.30. The van der Waals surface area contributed by atoms with Crippen molar-refractivity contribution in [3.05, 3.63) is 11.5 Å². The first-order chi connectivity index (χ1) is 4.05. The van der Waals surface area contributed by atoms with E-state index in [1.54, 1.807) is 5.41 Å². The van der Waals surface area contributed by atoms with E-state index in [4.69, 9.17) is 10.7 Å². The Morgan fingerprint density at radius 2 is 2.44 bits per heavy atom. The number of halogens is 2. The van der Waals surface area contributed by atoms with Crippen molar-refractivity contribution in [3.8, 4) is 0 Å². The molecule has 0 aromatic heterocycles. The van der Waals surface area contributed by atoms with E-state index in [2.05, 4.69) is 14.8 Å². The molecule has 0 aromatic rings. The van der Waals surface area contributed by atoms with E-state index in [9.17, 15) is 4.79 Å². The van der Waals surface area contributed by atoms with E-state index in [1.807, 2.05) is 11.4 Å². The van der Waals surface area contributed by atoms with Crippen molar-refractivity contribution in [1.82, 2.24) is 0 Å². The lowest BCUT2D eigenvalue weighted by molar-refractivity contribution is 0.570. The molecule has 1 aliphatic rings. The van der Waals surface area contributed by atoms with Crippen LogP contribution in [-0.2, 0) is 4.79 Å². The highest BCUT2D eigenvalue weighted by molar-refractivity contribution is 9.68. The zero-order valence-corrected chi connectivity index (χ0v) is 7.75. The van der Waals surface area contributed by atoms with Gasteiger partial charge in [0.05, 0.1) is 0 Å². The number of carbonyl (C=O) groups is 1. The maximum Gasteiger partial charge on any atom is 0.179 e. The van der Waals surface area contributed by atoms with Crippen molar-refractivity contribution in [1.29, 1.82) is 0 Å². The third-order valence-corrected chi connectivity index (χ3v) is 5.80. The van der Waals surface area contributed by atoms with Crippen LogP contribution < -0.4 is 0 Å². The number of hydrogen-bond acceptors (Lipinski definition) is 1. The Hall–Kier alpha value is 0.400. The Labute approximate surface area is 65.6 Å². The van der Waals surface area contributed by atoms with Gasteiger partial charge in [-0.25, -0.2) is 0 Å². The molecule has 0 unspecified atom stereocenters. The lowest BCUT2D eigenvalue weighted by atomic mass is 10.5. The fourth-order valence-corrected chi connectivity index (χ4v) is 3.17. The van der Waals surface area contributed by atoms with E-state index in [0.717, 1.165) is 12.0 Å². The zero-order chi connectivity index (χ0) is 6.98. The second kappa shape index (κ2) is 1.94. The van der Waals surface area contributed by atoms with Gasteiger partial charge < -0.3 is 0 Å². The third-order valence-electron chi connectivity index (χ3n) is 1.09. The standard InChI is InChI=1S/C5H6BrClOS/c6-9(7,5-8)3-1-2-4-9/h1,3-5H,2H2. The fourth-order valence-electron chi connectivity index (χ4n) is 0.606. The molecule has 0 aliphatic carbocycles. The van der Waals surface area contributed by atoms with Crippen molar-refractivity contribution in [2.75, 3.05) is 0 Å². The molecule has 0 saturated heterocycles. The van der Waals surface area contributed by atoms with Gasteiger partial charge in [-0.2, -0.15) is 0 Å². The molecule has 0 amide bonds. The van der Waals surface area contributed by atoms with Gasteiger partial charge in [-0.05, 0) is 32.0 Å². The molecule has 1 heterocycles. The van der Waals surface area contributed by atoms with Crippen molar-refractivity contribution < 1.29 is 4.79 Å². The predicted octanol–water partition coefficient (Wildman–Crippen LogP) is 2.70. The Morgan fingerprint density at radius 3 is 2.67 bits per heavy atom. The second-order valence-electron chi connectivity index (χ2n) is 1.87. The van der Waals surface area contributed by atoms with E-state index >= 15 is 0 Å². The van der Waals surface area contributed by atoms with Crippen molar-refractivity contribution >= 4 is 42.9 Å². The van der Waals surface area contributed by atoms with E-state index < -0.39 is 6.40 Å². The van der Waals surface area contributed by atoms with Gasteiger partial charge in [0, 0.05) is 0 Å². The number of rotatable bonds is 1. The van der Waals surface area contributed by atoms with Gasteiger partial charge in [-0.15, -0.1) is 0 Å². The number of hydrogen-bond donors (Lipinski definition) is 0. The Morgan fingerprint density at radius 1 is 1.78 bits per heavy atom. The van der Waals surface area contributed by atoms with Crippen LogP contribution in [0.25, 0.3) is 0 Å². The minimum Gasteiger partial charge on any atom is -0.291 e. The van der Waals surface area contributed by atoms with Gasteiger partial charge in [0.25, 0.3) is 0 Å². The van der Waals surface area contributed by atoms with Crippen molar-refractivity contribution in [2.45, 2.75) is 6.42 Å². The minimum atomic E-state index is -2.49. The second-order valence-corrected chi connectivity index (χ2v) is 12.2. The summed E-state index contributed by atoms with van der Waals surface area (Å²) in [5.74, 6) is 0. The Balaban J connectivity index is 3.24. The van der Waals surface area contributed by atoms with Crippen molar-refractivity contribution in [3.63, 3.8) is 0 Å². The predicted molar refractivity (Wildman–Crippen MR) is 48.9 cm³/mol. The summed E-state index contributed by atoms with van der Waals surface area (Å²) in [6, 6.07) is 0. The summed E-state index contributed by atoms with van der Waals surface area (Å²) < 4.78 is 0. The summed E-state index contributed by atoms with van der Waals surface area (Å²) in [4.78, 5) is 10.4. The van der Waals surface area contributed by atoms with E-state index in [1.165, 1.54) is 0 Å². The van der Waals surface area contributed by atoms with Crippen LogP contribution in [0.3, 0.4) is 0 Å². The lowest BCUT2D eigenvalue weighted by Crippen LogP contribution is -1.85. The molecule has 0 atom stereocenters.